The number of hydrogen-bond acceptors (Lipinski definition) is 4. The molecule has 1 saturated heterocycles. The number of carbonyl (C=O) groups excluding carboxylic acids is 1. The summed E-state index contributed by atoms with van der Waals surface area (Å²) in [7, 11) is 0. The quantitative estimate of drug-likeness (QED) is 0.575. The van der Waals surface area contributed by atoms with E-state index in [1.807, 2.05) is 0 Å². The van der Waals surface area contributed by atoms with Crippen LogP contribution in [0.1, 0.15) is 12.8 Å². The Balaban J connectivity index is 2.59. The van der Waals surface area contributed by atoms with Crippen molar-refractivity contribution in [1.82, 2.24) is 10.2 Å². The lowest BCUT2D eigenvalue weighted by Gasteiger charge is -2.33. The van der Waals surface area contributed by atoms with E-state index in [-0.39, 0.29) is 19.7 Å². The molecule has 0 radical (unpaired) electrons. The lowest BCUT2D eigenvalue weighted by Crippen LogP contribution is -2.50. The summed E-state index contributed by atoms with van der Waals surface area (Å²) in [5.74, 6) is -0.918. The molecule has 1 aliphatic heterocycles. The molecule has 0 unspecified atom stereocenters. The minimum Gasteiger partial charge on any atom is -0.481 e. The number of aliphatic carboxylic acids is 1. The van der Waals surface area contributed by atoms with Crippen LogP contribution in [-0.2, 0) is 9.53 Å². The standard InChI is InChI=1S/C13H22N2O5/c1-2-5-15(6-7-16)12(19)14-10-13(11(17)18)3-8-20-9-4-13/h2,16H,1,3-10H2,(H,14,19)(H,17,18). The first kappa shape index (κ1) is 16.5. The minimum absolute atomic E-state index is 0.0591. The van der Waals surface area contributed by atoms with Crippen LogP contribution >= 0.6 is 0 Å². The molecule has 7 heteroatoms. The number of aliphatic hydroxyl groups is 1. The summed E-state index contributed by atoms with van der Waals surface area (Å²) >= 11 is 0. The fourth-order valence-corrected chi connectivity index (χ4v) is 2.14. The number of carbonyl (C=O) groups is 2. The molecule has 0 aliphatic carbocycles. The van der Waals surface area contributed by atoms with E-state index in [1.165, 1.54) is 4.90 Å². The van der Waals surface area contributed by atoms with Crippen LogP contribution < -0.4 is 5.32 Å². The minimum atomic E-state index is -0.965. The van der Waals surface area contributed by atoms with Crippen LogP contribution in [0.2, 0.25) is 0 Å². The molecule has 114 valence electrons. The fraction of sp³-hybridized carbons (Fsp3) is 0.692. The Bertz CT molecular complexity index is 353. The first-order valence-electron chi connectivity index (χ1n) is 6.61. The Labute approximate surface area is 118 Å². The summed E-state index contributed by atoms with van der Waals surface area (Å²) < 4.78 is 5.17. The highest BCUT2D eigenvalue weighted by Gasteiger charge is 2.40. The number of amides is 2. The van der Waals surface area contributed by atoms with Gasteiger partial charge in [0.2, 0.25) is 0 Å². The number of hydrogen-bond donors (Lipinski definition) is 3. The summed E-state index contributed by atoms with van der Waals surface area (Å²) in [6.07, 6.45) is 2.31. The lowest BCUT2D eigenvalue weighted by atomic mass is 9.80. The van der Waals surface area contributed by atoms with Gasteiger partial charge < -0.3 is 25.2 Å². The maximum absolute atomic E-state index is 12.0. The van der Waals surface area contributed by atoms with Crippen molar-refractivity contribution in [2.75, 3.05) is 39.5 Å². The van der Waals surface area contributed by atoms with Gasteiger partial charge in [-0.1, -0.05) is 6.08 Å². The molecule has 0 atom stereocenters. The normalized spacial score (nSPS) is 17.2. The number of rotatable bonds is 7. The van der Waals surface area contributed by atoms with Gasteiger partial charge in [0.15, 0.2) is 0 Å². The number of urea groups is 1. The fourth-order valence-electron chi connectivity index (χ4n) is 2.14. The highest BCUT2D eigenvalue weighted by atomic mass is 16.5. The van der Waals surface area contributed by atoms with Crippen LogP contribution in [0.25, 0.3) is 0 Å². The number of aliphatic hydroxyl groups excluding tert-OH is 1. The summed E-state index contributed by atoms with van der Waals surface area (Å²) in [6, 6.07) is -0.397. The maximum atomic E-state index is 12.0. The molecular formula is C13H22N2O5. The number of carboxylic acid groups (broad SMARTS) is 1. The van der Waals surface area contributed by atoms with Gasteiger partial charge in [-0.15, -0.1) is 6.58 Å². The molecule has 20 heavy (non-hydrogen) atoms. The molecule has 3 N–H and O–H groups in total. The molecule has 7 nitrogen and oxygen atoms in total. The van der Waals surface area contributed by atoms with E-state index in [4.69, 9.17) is 9.84 Å². The Hall–Kier alpha value is -1.60. The molecular weight excluding hydrogens is 264 g/mol. The Morgan fingerprint density at radius 1 is 1.40 bits per heavy atom. The third kappa shape index (κ3) is 4.21. The third-order valence-electron chi connectivity index (χ3n) is 3.49. The molecule has 1 aliphatic rings. The lowest BCUT2D eigenvalue weighted by molar-refractivity contribution is -0.154. The van der Waals surface area contributed by atoms with Crippen LogP contribution in [0.5, 0.6) is 0 Å². The predicted molar refractivity (Wildman–Crippen MR) is 72.4 cm³/mol. The zero-order chi connectivity index (χ0) is 15.0. The molecule has 0 spiro atoms. The van der Waals surface area contributed by atoms with Crippen molar-refractivity contribution in [3.05, 3.63) is 12.7 Å². The molecule has 0 aromatic heterocycles. The van der Waals surface area contributed by atoms with E-state index in [0.717, 1.165) is 0 Å². The monoisotopic (exact) mass is 286 g/mol. The summed E-state index contributed by atoms with van der Waals surface area (Å²) in [6.45, 7) is 4.70. The SMILES string of the molecule is C=CCN(CCO)C(=O)NCC1(C(=O)O)CCOCC1. The zero-order valence-electron chi connectivity index (χ0n) is 11.5. The molecule has 0 bridgehead atoms. The van der Waals surface area contributed by atoms with Crippen LogP contribution in [0.4, 0.5) is 4.79 Å². The number of nitrogens with one attached hydrogen (secondary N) is 1. The van der Waals surface area contributed by atoms with Crippen LogP contribution in [-0.4, -0.2) is 66.6 Å². The van der Waals surface area contributed by atoms with Gasteiger partial charge in [0.1, 0.15) is 0 Å². The average molecular weight is 286 g/mol. The van der Waals surface area contributed by atoms with Crippen LogP contribution in [0.15, 0.2) is 12.7 Å². The van der Waals surface area contributed by atoms with Gasteiger partial charge in [-0.25, -0.2) is 4.79 Å². The van der Waals surface area contributed by atoms with Gasteiger partial charge in [0.25, 0.3) is 0 Å². The Morgan fingerprint density at radius 3 is 2.55 bits per heavy atom. The van der Waals surface area contributed by atoms with Gasteiger partial charge >= 0.3 is 12.0 Å². The maximum Gasteiger partial charge on any atom is 0.317 e. The topological polar surface area (TPSA) is 99.1 Å². The summed E-state index contributed by atoms with van der Waals surface area (Å²) in [5.41, 5.74) is -0.965. The van der Waals surface area contributed by atoms with E-state index >= 15 is 0 Å². The predicted octanol–water partition coefficient (Wildman–Crippen LogP) is 0.0577. The van der Waals surface area contributed by atoms with E-state index in [1.54, 1.807) is 6.08 Å². The molecule has 1 fully saturated rings. The zero-order valence-corrected chi connectivity index (χ0v) is 11.5. The van der Waals surface area contributed by atoms with E-state index in [0.29, 0.717) is 32.6 Å². The largest absolute Gasteiger partial charge is 0.481 e. The molecule has 0 aromatic carbocycles. The molecule has 2 amide bonds. The van der Waals surface area contributed by atoms with Crippen molar-refractivity contribution in [2.45, 2.75) is 12.8 Å². The van der Waals surface area contributed by atoms with E-state index in [9.17, 15) is 14.7 Å². The van der Waals surface area contributed by atoms with Crippen molar-refractivity contribution >= 4 is 12.0 Å². The number of nitrogens with zero attached hydrogens (tertiary/aromatic N) is 1. The second kappa shape index (κ2) is 7.86. The van der Waals surface area contributed by atoms with Crippen molar-refractivity contribution < 1.29 is 24.5 Å². The second-order valence-electron chi connectivity index (χ2n) is 4.81. The average Bonchev–Trinajstić information content (AvgIpc) is 2.45. The smallest absolute Gasteiger partial charge is 0.317 e. The van der Waals surface area contributed by atoms with Crippen molar-refractivity contribution in [3.8, 4) is 0 Å². The summed E-state index contributed by atoms with van der Waals surface area (Å²) in [4.78, 5) is 24.8. The van der Waals surface area contributed by atoms with Crippen molar-refractivity contribution in [3.63, 3.8) is 0 Å². The highest BCUT2D eigenvalue weighted by molar-refractivity contribution is 5.78. The molecule has 0 aromatic rings. The van der Waals surface area contributed by atoms with Gasteiger partial charge in [0.05, 0.1) is 12.0 Å². The van der Waals surface area contributed by atoms with Gasteiger partial charge in [-0.3, -0.25) is 4.79 Å². The van der Waals surface area contributed by atoms with Gasteiger partial charge in [0, 0.05) is 32.8 Å². The van der Waals surface area contributed by atoms with Crippen molar-refractivity contribution in [2.24, 2.45) is 5.41 Å². The van der Waals surface area contributed by atoms with Gasteiger partial charge in [-0.2, -0.15) is 0 Å². The van der Waals surface area contributed by atoms with E-state index < -0.39 is 17.4 Å². The van der Waals surface area contributed by atoms with Crippen molar-refractivity contribution in [1.29, 1.82) is 0 Å². The first-order valence-corrected chi connectivity index (χ1v) is 6.61. The third-order valence-corrected chi connectivity index (χ3v) is 3.49. The van der Waals surface area contributed by atoms with Crippen LogP contribution in [0.3, 0.4) is 0 Å². The Morgan fingerprint density at radius 2 is 2.05 bits per heavy atom. The number of carboxylic acids is 1. The second-order valence-corrected chi connectivity index (χ2v) is 4.81. The molecule has 0 saturated carbocycles. The number of ether oxygens (including phenoxy) is 1. The molecule has 1 heterocycles. The highest BCUT2D eigenvalue weighted by Crippen LogP contribution is 2.30. The summed E-state index contributed by atoms with van der Waals surface area (Å²) in [5, 5.41) is 20.9. The van der Waals surface area contributed by atoms with E-state index in [2.05, 4.69) is 11.9 Å². The Kier molecular flexibility index (Phi) is 6.47. The van der Waals surface area contributed by atoms with Gasteiger partial charge in [-0.05, 0) is 12.8 Å². The molecule has 1 rings (SSSR count). The first-order chi connectivity index (χ1) is 9.55. The van der Waals surface area contributed by atoms with Crippen LogP contribution in [0, 0.1) is 5.41 Å².